The van der Waals surface area contributed by atoms with Crippen LogP contribution in [0.5, 0.6) is 0 Å². The highest BCUT2D eigenvalue weighted by Gasteiger charge is 2.39. The third kappa shape index (κ3) is 8.72. The molecule has 9 nitrogen and oxygen atoms in total. The zero-order valence-electron chi connectivity index (χ0n) is 24.9. The predicted molar refractivity (Wildman–Crippen MR) is 163 cm³/mol. The minimum Gasteiger partial charge on any atom is -0.481 e. The van der Waals surface area contributed by atoms with Crippen molar-refractivity contribution in [2.45, 2.75) is 70.4 Å². The Labute approximate surface area is 253 Å². The van der Waals surface area contributed by atoms with Crippen molar-refractivity contribution >= 4 is 17.6 Å². The van der Waals surface area contributed by atoms with Gasteiger partial charge in [0.25, 0.3) is 0 Å². The largest absolute Gasteiger partial charge is 0.481 e. The zero-order chi connectivity index (χ0) is 30.9. The van der Waals surface area contributed by atoms with E-state index in [0.717, 1.165) is 22.3 Å². The first-order chi connectivity index (χ1) is 20.7. The van der Waals surface area contributed by atoms with Gasteiger partial charge >= 0.3 is 5.97 Å². The summed E-state index contributed by atoms with van der Waals surface area (Å²) in [4.78, 5) is 25.3. The third-order valence-corrected chi connectivity index (χ3v) is 8.12. The highest BCUT2D eigenvalue weighted by atomic mass is 16.7. The molecule has 4 N–H and O–H groups in total. The van der Waals surface area contributed by atoms with Crippen LogP contribution in [-0.4, -0.2) is 57.8 Å². The molecule has 9 heteroatoms. The van der Waals surface area contributed by atoms with Gasteiger partial charge in [-0.05, 0) is 49.2 Å². The van der Waals surface area contributed by atoms with E-state index in [9.17, 15) is 19.8 Å². The molecule has 0 radical (unpaired) electrons. The number of carboxylic acid groups (broad SMARTS) is 1. The van der Waals surface area contributed by atoms with E-state index in [-0.39, 0.29) is 55.9 Å². The molecular weight excluding hydrogens is 548 g/mol. The van der Waals surface area contributed by atoms with Crippen molar-refractivity contribution < 1.29 is 34.4 Å². The van der Waals surface area contributed by atoms with Gasteiger partial charge in [-0.25, -0.2) is 0 Å². The van der Waals surface area contributed by atoms with Crippen molar-refractivity contribution in [1.29, 1.82) is 0 Å². The average molecular weight is 591 g/mol. The molecule has 3 aromatic carbocycles. The molecule has 1 heterocycles. The first-order valence-electron chi connectivity index (χ1n) is 14.7. The number of aliphatic hydroxyl groups excluding tert-OH is 2. The number of aliphatic hydroxyl groups is 2. The van der Waals surface area contributed by atoms with Crippen LogP contribution in [0.3, 0.4) is 0 Å². The second-order valence-electron chi connectivity index (χ2n) is 11.3. The Balaban J connectivity index is 1.54. The van der Waals surface area contributed by atoms with Crippen molar-refractivity contribution in [2.24, 2.45) is 5.92 Å². The predicted octanol–water partition coefficient (Wildman–Crippen LogP) is 5.22. The van der Waals surface area contributed by atoms with Gasteiger partial charge in [0, 0.05) is 42.6 Å². The third-order valence-electron chi connectivity index (χ3n) is 8.12. The molecule has 0 aromatic heterocycles. The molecule has 230 valence electrons. The standard InChI is InChI=1S/C34H42N2O7/c1-22-29(20-36(3)23(2)32(41)25-9-5-4-6-10-25)42-34(43-33(22)26-17-15-24(21-37)16-18-26)27-11-7-12-28(19-27)35-30(38)13-8-14-31(39)40/h4-7,9-12,15-19,22-23,29,32-34,37,41H,8,13-14,20-21H2,1-3H3,(H,35,38)(H,39,40)/t22-,23+,29+,32+,33+,34+/m0/s1. The number of carbonyl (C=O) groups excluding carboxylic acids is 1. The molecule has 4 rings (SSSR count). The summed E-state index contributed by atoms with van der Waals surface area (Å²) in [7, 11) is 1.98. The van der Waals surface area contributed by atoms with Crippen molar-refractivity contribution in [3.63, 3.8) is 0 Å². The molecule has 6 atom stereocenters. The molecule has 0 spiro atoms. The van der Waals surface area contributed by atoms with Crippen LogP contribution in [0.4, 0.5) is 5.69 Å². The fourth-order valence-electron chi connectivity index (χ4n) is 5.33. The number of carbonyl (C=O) groups is 2. The molecule has 43 heavy (non-hydrogen) atoms. The van der Waals surface area contributed by atoms with Crippen molar-refractivity contribution in [3.05, 3.63) is 101 Å². The van der Waals surface area contributed by atoms with Gasteiger partial charge in [-0.15, -0.1) is 0 Å². The van der Waals surface area contributed by atoms with Gasteiger partial charge in [0.15, 0.2) is 6.29 Å². The van der Waals surface area contributed by atoms with E-state index in [4.69, 9.17) is 14.6 Å². The number of carboxylic acids is 1. The van der Waals surface area contributed by atoms with E-state index in [2.05, 4.69) is 17.1 Å². The Morgan fingerprint density at radius 3 is 2.35 bits per heavy atom. The smallest absolute Gasteiger partial charge is 0.303 e. The van der Waals surface area contributed by atoms with Gasteiger partial charge < -0.3 is 30.1 Å². The number of rotatable bonds is 13. The lowest BCUT2D eigenvalue weighted by atomic mass is 9.89. The SMILES string of the molecule is C[C@H]1[C@@H](CN(C)[C@H](C)[C@@H](O)c2ccccc2)O[C@@H](c2cccc(NC(=O)CCCC(=O)O)c2)O[C@H]1c1ccc(CO)cc1. The number of amides is 1. The van der Waals surface area contributed by atoms with Crippen molar-refractivity contribution in [2.75, 3.05) is 18.9 Å². The van der Waals surface area contributed by atoms with E-state index in [1.54, 1.807) is 6.07 Å². The van der Waals surface area contributed by atoms with Crippen LogP contribution < -0.4 is 5.32 Å². The summed E-state index contributed by atoms with van der Waals surface area (Å²) < 4.78 is 13.1. The maximum Gasteiger partial charge on any atom is 0.303 e. The number of benzene rings is 3. The maximum atomic E-state index is 12.4. The summed E-state index contributed by atoms with van der Waals surface area (Å²) in [5.74, 6) is -1.23. The number of hydrogen-bond acceptors (Lipinski definition) is 7. The Kier molecular flexibility index (Phi) is 11.4. The molecule has 1 saturated heterocycles. The Bertz CT molecular complexity index is 1330. The number of hydrogen-bond donors (Lipinski definition) is 4. The number of aliphatic carboxylic acids is 1. The van der Waals surface area contributed by atoms with Crippen LogP contribution in [-0.2, 0) is 25.7 Å². The zero-order valence-corrected chi connectivity index (χ0v) is 24.9. The fourth-order valence-corrected chi connectivity index (χ4v) is 5.33. The number of ether oxygens (including phenoxy) is 2. The highest BCUT2D eigenvalue weighted by Crippen LogP contribution is 2.42. The molecule has 3 aromatic rings. The second-order valence-corrected chi connectivity index (χ2v) is 11.3. The summed E-state index contributed by atoms with van der Waals surface area (Å²) in [6, 6.07) is 24.4. The number of anilines is 1. The average Bonchev–Trinajstić information content (AvgIpc) is 3.01. The van der Waals surface area contributed by atoms with Gasteiger partial charge in [-0.3, -0.25) is 14.5 Å². The van der Waals surface area contributed by atoms with Gasteiger partial charge in [0.05, 0.1) is 24.9 Å². The minimum absolute atomic E-state index is 0.0446. The molecule has 1 fully saturated rings. The van der Waals surface area contributed by atoms with Crippen LogP contribution in [0.1, 0.15) is 73.9 Å². The van der Waals surface area contributed by atoms with E-state index in [1.807, 2.05) is 86.8 Å². The summed E-state index contributed by atoms with van der Waals surface area (Å²) in [6.45, 7) is 4.58. The fraction of sp³-hybridized carbons (Fsp3) is 0.412. The monoisotopic (exact) mass is 590 g/mol. The van der Waals surface area contributed by atoms with Crippen molar-refractivity contribution in [1.82, 2.24) is 4.90 Å². The Morgan fingerprint density at radius 1 is 0.953 bits per heavy atom. The summed E-state index contributed by atoms with van der Waals surface area (Å²) in [5, 5.41) is 32.3. The molecule has 0 aliphatic carbocycles. The summed E-state index contributed by atoms with van der Waals surface area (Å²) in [6.07, 6.45) is -1.66. The van der Waals surface area contributed by atoms with Crippen LogP contribution in [0, 0.1) is 5.92 Å². The highest BCUT2D eigenvalue weighted by molar-refractivity contribution is 5.90. The Hall–Kier alpha value is -3.60. The molecule has 0 saturated carbocycles. The summed E-state index contributed by atoms with van der Waals surface area (Å²) >= 11 is 0. The quantitative estimate of drug-likeness (QED) is 0.213. The van der Waals surface area contributed by atoms with E-state index in [1.165, 1.54) is 0 Å². The van der Waals surface area contributed by atoms with Crippen LogP contribution >= 0.6 is 0 Å². The van der Waals surface area contributed by atoms with Crippen molar-refractivity contribution in [3.8, 4) is 0 Å². The normalized spacial score (nSPS) is 21.7. The maximum absolute atomic E-state index is 12.4. The molecular formula is C34H42N2O7. The lowest BCUT2D eigenvalue weighted by Crippen LogP contribution is -2.46. The lowest BCUT2D eigenvalue weighted by Gasteiger charge is -2.43. The van der Waals surface area contributed by atoms with E-state index in [0.29, 0.717) is 12.2 Å². The molecule has 0 bridgehead atoms. The Morgan fingerprint density at radius 2 is 1.67 bits per heavy atom. The minimum atomic E-state index is -0.930. The first-order valence-corrected chi connectivity index (χ1v) is 14.7. The molecule has 1 amide bonds. The summed E-state index contributed by atoms with van der Waals surface area (Å²) in [5.41, 5.74) is 3.93. The molecule has 1 aliphatic heterocycles. The number of likely N-dealkylation sites (N-methyl/N-ethyl adjacent to an activating group) is 1. The van der Waals surface area contributed by atoms with Gasteiger partial charge in [0.1, 0.15) is 0 Å². The second kappa shape index (κ2) is 15.2. The van der Waals surface area contributed by atoms with Crippen LogP contribution in [0.2, 0.25) is 0 Å². The topological polar surface area (TPSA) is 129 Å². The van der Waals surface area contributed by atoms with Gasteiger partial charge in [0.2, 0.25) is 5.91 Å². The molecule has 0 unspecified atom stereocenters. The van der Waals surface area contributed by atoms with E-state index < -0.39 is 18.4 Å². The first kappa shape index (κ1) is 32.3. The number of nitrogens with zero attached hydrogens (tertiary/aromatic N) is 1. The van der Waals surface area contributed by atoms with E-state index >= 15 is 0 Å². The van der Waals surface area contributed by atoms with Crippen LogP contribution in [0.25, 0.3) is 0 Å². The number of nitrogens with one attached hydrogen (secondary N) is 1. The molecule has 1 aliphatic rings. The van der Waals surface area contributed by atoms with Gasteiger partial charge in [-0.1, -0.05) is 73.7 Å². The van der Waals surface area contributed by atoms with Crippen LogP contribution in [0.15, 0.2) is 78.9 Å². The van der Waals surface area contributed by atoms with Gasteiger partial charge in [-0.2, -0.15) is 0 Å². The lowest BCUT2D eigenvalue weighted by molar-refractivity contribution is -0.276.